The molecule has 0 radical (unpaired) electrons. The van der Waals surface area contributed by atoms with Crippen LogP contribution in [0.25, 0.3) is 0 Å². The summed E-state index contributed by atoms with van der Waals surface area (Å²) in [5.74, 6) is 0.0564. The van der Waals surface area contributed by atoms with E-state index >= 15 is 0 Å². The van der Waals surface area contributed by atoms with Gasteiger partial charge >= 0.3 is 0 Å². The topological polar surface area (TPSA) is 38.3 Å². The molecule has 0 aromatic heterocycles. The quantitative estimate of drug-likeness (QED) is 0.358. The molecule has 0 aromatic rings. The molecule has 0 aromatic carbocycles. The highest BCUT2D eigenvalue weighted by Crippen LogP contribution is 1.99. The van der Waals surface area contributed by atoms with Crippen LogP contribution < -0.4 is 5.32 Å². The highest BCUT2D eigenvalue weighted by atomic mass is 16.5. The minimum atomic E-state index is 0.0564. The number of carbonyl (C=O) groups excluding carboxylic acids is 1. The number of carbonyl (C=O) groups is 1. The predicted molar refractivity (Wildman–Crippen MR) is 48.7 cm³/mol. The minimum Gasteiger partial charge on any atom is -0.364 e. The van der Waals surface area contributed by atoms with Crippen LogP contribution in [0.15, 0.2) is 12.7 Å². The van der Waals surface area contributed by atoms with E-state index < -0.39 is 0 Å². The van der Waals surface area contributed by atoms with Gasteiger partial charge in [-0.2, -0.15) is 0 Å². The van der Waals surface area contributed by atoms with Gasteiger partial charge in [-0.3, -0.25) is 4.79 Å². The molecule has 0 spiro atoms. The number of unbranched alkanes of at least 4 members (excludes halogenated alkanes) is 2. The van der Waals surface area contributed by atoms with E-state index in [0.717, 1.165) is 19.3 Å². The first kappa shape index (κ1) is 11.2. The molecule has 0 heterocycles. The highest BCUT2D eigenvalue weighted by Gasteiger charge is 1.97. The Hall–Kier alpha value is -0.830. The van der Waals surface area contributed by atoms with Crippen molar-refractivity contribution in [2.24, 2.45) is 0 Å². The standard InChI is InChI=1S/C9H17NO2/c1-3-4-5-6-7-9(11)10-8-12-2/h3H,1,4-8H2,2H3,(H,10,11). The Kier molecular flexibility index (Phi) is 7.70. The van der Waals surface area contributed by atoms with E-state index in [0.29, 0.717) is 13.2 Å². The van der Waals surface area contributed by atoms with Gasteiger partial charge in [0.15, 0.2) is 0 Å². The molecule has 1 N–H and O–H groups in total. The molecule has 3 heteroatoms. The SMILES string of the molecule is C=CCCCCC(=O)NCOC. The minimum absolute atomic E-state index is 0.0564. The van der Waals surface area contributed by atoms with E-state index in [-0.39, 0.29) is 5.91 Å². The number of rotatable bonds is 7. The van der Waals surface area contributed by atoms with E-state index in [1.807, 2.05) is 6.08 Å². The number of ether oxygens (including phenoxy) is 1. The monoisotopic (exact) mass is 171 g/mol. The average molecular weight is 171 g/mol. The molecule has 0 fully saturated rings. The van der Waals surface area contributed by atoms with Gasteiger partial charge in [0.25, 0.3) is 0 Å². The fourth-order valence-electron chi connectivity index (χ4n) is 0.815. The Morgan fingerprint density at radius 2 is 2.33 bits per heavy atom. The van der Waals surface area contributed by atoms with E-state index in [9.17, 15) is 4.79 Å². The summed E-state index contributed by atoms with van der Waals surface area (Å²) in [5.41, 5.74) is 0. The lowest BCUT2D eigenvalue weighted by atomic mass is 10.2. The van der Waals surface area contributed by atoms with Crippen LogP contribution in [0.3, 0.4) is 0 Å². The van der Waals surface area contributed by atoms with Crippen LogP contribution in [0, 0.1) is 0 Å². The molecule has 0 aliphatic carbocycles. The molecule has 0 unspecified atom stereocenters. The van der Waals surface area contributed by atoms with Crippen LogP contribution in [0.2, 0.25) is 0 Å². The summed E-state index contributed by atoms with van der Waals surface area (Å²) in [5, 5.41) is 2.62. The van der Waals surface area contributed by atoms with Crippen LogP contribution in [0.5, 0.6) is 0 Å². The summed E-state index contributed by atoms with van der Waals surface area (Å²) in [6, 6.07) is 0. The summed E-state index contributed by atoms with van der Waals surface area (Å²) < 4.78 is 4.69. The molecule has 0 rings (SSSR count). The molecule has 0 bridgehead atoms. The van der Waals surface area contributed by atoms with Gasteiger partial charge in [0, 0.05) is 13.5 Å². The molecule has 0 aliphatic heterocycles. The first-order valence-electron chi connectivity index (χ1n) is 4.17. The third-order valence-electron chi connectivity index (χ3n) is 1.48. The van der Waals surface area contributed by atoms with Crippen molar-refractivity contribution in [3.05, 3.63) is 12.7 Å². The number of amides is 1. The first-order valence-corrected chi connectivity index (χ1v) is 4.17. The number of hydrogen-bond acceptors (Lipinski definition) is 2. The van der Waals surface area contributed by atoms with E-state index in [2.05, 4.69) is 11.9 Å². The zero-order valence-corrected chi connectivity index (χ0v) is 7.64. The predicted octanol–water partition coefficient (Wildman–Crippen LogP) is 1.45. The molecule has 0 saturated heterocycles. The fourth-order valence-corrected chi connectivity index (χ4v) is 0.815. The molecular weight excluding hydrogens is 154 g/mol. The number of hydrogen-bond donors (Lipinski definition) is 1. The third-order valence-corrected chi connectivity index (χ3v) is 1.48. The molecule has 0 aliphatic rings. The van der Waals surface area contributed by atoms with Crippen LogP contribution in [0.4, 0.5) is 0 Å². The van der Waals surface area contributed by atoms with Crippen molar-refractivity contribution in [2.45, 2.75) is 25.7 Å². The van der Waals surface area contributed by atoms with E-state index in [4.69, 9.17) is 4.74 Å². The highest BCUT2D eigenvalue weighted by molar-refractivity contribution is 5.75. The number of methoxy groups -OCH3 is 1. The Bertz CT molecular complexity index is 134. The third kappa shape index (κ3) is 7.28. The van der Waals surface area contributed by atoms with Crippen molar-refractivity contribution in [1.82, 2.24) is 5.32 Å². The lowest BCUT2D eigenvalue weighted by Crippen LogP contribution is -2.24. The maximum Gasteiger partial charge on any atom is 0.221 e. The van der Waals surface area contributed by atoms with Crippen LogP contribution in [-0.2, 0) is 9.53 Å². The van der Waals surface area contributed by atoms with E-state index in [1.165, 1.54) is 0 Å². The summed E-state index contributed by atoms with van der Waals surface area (Å²) >= 11 is 0. The first-order chi connectivity index (χ1) is 5.81. The molecule has 1 amide bonds. The van der Waals surface area contributed by atoms with Gasteiger partial charge in [-0.15, -0.1) is 6.58 Å². The second kappa shape index (κ2) is 8.27. The Morgan fingerprint density at radius 1 is 1.58 bits per heavy atom. The van der Waals surface area contributed by atoms with Gasteiger partial charge in [-0.1, -0.05) is 6.08 Å². The molecule has 0 atom stereocenters. The van der Waals surface area contributed by atoms with Gasteiger partial charge in [-0.05, 0) is 19.3 Å². The molecule has 0 saturated carbocycles. The summed E-state index contributed by atoms with van der Waals surface area (Å²) in [6.45, 7) is 3.91. The van der Waals surface area contributed by atoms with Crippen molar-refractivity contribution in [3.63, 3.8) is 0 Å². The van der Waals surface area contributed by atoms with Crippen molar-refractivity contribution < 1.29 is 9.53 Å². The van der Waals surface area contributed by atoms with Crippen molar-refractivity contribution in [1.29, 1.82) is 0 Å². The van der Waals surface area contributed by atoms with Gasteiger partial charge in [0.2, 0.25) is 5.91 Å². The van der Waals surface area contributed by atoms with Crippen LogP contribution in [-0.4, -0.2) is 19.7 Å². The van der Waals surface area contributed by atoms with Gasteiger partial charge in [-0.25, -0.2) is 0 Å². The van der Waals surface area contributed by atoms with E-state index in [1.54, 1.807) is 7.11 Å². The summed E-state index contributed by atoms with van der Waals surface area (Å²) in [7, 11) is 1.55. The molecule has 12 heavy (non-hydrogen) atoms. The lowest BCUT2D eigenvalue weighted by molar-refractivity contribution is -0.122. The van der Waals surface area contributed by atoms with Gasteiger partial charge < -0.3 is 10.1 Å². The second-order valence-corrected chi connectivity index (χ2v) is 2.57. The number of nitrogens with one attached hydrogen (secondary N) is 1. The van der Waals surface area contributed by atoms with Gasteiger partial charge in [0.1, 0.15) is 6.73 Å². The summed E-state index contributed by atoms with van der Waals surface area (Å²) in [6.07, 6.45) is 5.38. The summed E-state index contributed by atoms with van der Waals surface area (Å²) in [4.78, 5) is 10.9. The molecular formula is C9H17NO2. The second-order valence-electron chi connectivity index (χ2n) is 2.57. The van der Waals surface area contributed by atoms with Crippen molar-refractivity contribution in [2.75, 3.05) is 13.8 Å². The fraction of sp³-hybridized carbons (Fsp3) is 0.667. The Balaban J connectivity index is 3.13. The van der Waals surface area contributed by atoms with Crippen LogP contribution in [0.1, 0.15) is 25.7 Å². The zero-order valence-electron chi connectivity index (χ0n) is 7.64. The van der Waals surface area contributed by atoms with Crippen molar-refractivity contribution in [3.8, 4) is 0 Å². The average Bonchev–Trinajstić information content (AvgIpc) is 2.09. The van der Waals surface area contributed by atoms with Crippen molar-refractivity contribution >= 4 is 5.91 Å². The van der Waals surface area contributed by atoms with Gasteiger partial charge in [0.05, 0.1) is 0 Å². The Labute approximate surface area is 73.8 Å². The lowest BCUT2D eigenvalue weighted by Gasteiger charge is -2.02. The normalized spacial score (nSPS) is 9.42. The maximum absolute atomic E-state index is 10.9. The molecule has 70 valence electrons. The number of allylic oxidation sites excluding steroid dienone is 1. The largest absolute Gasteiger partial charge is 0.364 e. The van der Waals surface area contributed by atoms with Crippen LogP contribution >= 0.6 is 0 Å². The Morgan fingerprint density at radius 3 is 2.92 bits per heavy atom. The maximum atomic E-state index is 10.9. The zero-order chi connectivity index (χ0) is 9.23. The molecule has 3 nitrogen and oxygen atoms in total. The smallest absolute Gasteiger partial charge is 0.221 e.